The zero-order chi connectivity index (χ0) is 20.8. The number of rotatable bonds is 8. The molecule has 1 N–H and O–H groups in total. The van der Waals surface area contributed by atoms with E-state index in [1.807, 2.05) is 0 Å². The lowest BCUT2D eigenvalue weighted by Gasteiger charge is -2.05. The molecule has 9 nitrogen and oxygen atoms in total. The minimum absolute atomic E-state index is 0.0812. The maximum atomic E-state index is 12.4. The number of benzene rings is 1. The molecule has 0 aliphatic carbocycles. The van der Waals surface area contributed by atoms with Crippen LogP contribution >= 0.6 is 0 Å². The van der Waals surface area contributed by atoms with Gasteiger partial charge in [0.25, 0.3) is 5.69 Å². The minimum atomic E-state index is -0.645. The van der Waals surface area contributed by atoms with Crippen LogP contribution in [0, 0.1) is 24.0 Å². The van der Waals surface area contributed by atoms with E-state index < -0.39 is 29.3 Å². The van der Waals surface area contributed by atoms with Gasteiger partial charge < -0.3 is 14.5 Å². The van der Waals surface area contributed by atoms with Gasteiger partial charge in [-0.1, -0.05) is 12.1 Å². The number of carbonyl (C=O) groups is 3. The third kappa shape index (κ3) is 4.81. The summed E-state index contributed by atoms with van der Waals surface area (Å²) in [5, 5.41) is 10.6. The van der Waals surface area contributed by atoms with E-state index in [1.165, 1.54) is 24.3 Å². The molecule has 28 heavy (non-hydrogen) atoms. The predicted molar refractivity (Wildman–Crippen MR) is 98.3 cm³/mol. The molecule has 0 saturated heterocycles. The molecule has 0 amide bonds. The quantitative estimate of drug-likeness (QED) is 0.318. The minimum Gasteiger partial charge on any atom is -0.462 e. The Balaban J connectivity index is 1.98. The number of aromatic amines is 1. The van der Waals surface area contributed by atoms with Crippen LogP contribution in [0.4, 0.5) is 5.69 Å². The molecule has 0 spiro atoms. The number of Topliss-reactive ketones (excluding diaryl/α,β-unsaturated/α-hetero) is 1. The van der Waals surface area contributed by atoms with Crippen molar-refractivity contribution in [1.29, 1.82) is 0 Å². The second-order valence-corrected chi connectivity index (χ2v) is 6.03. The number of non-ortho nitro benzene ring substituents is 1. The number of esters is 2. The first-order chi connectivity index (χ1) is 13.2. The van der Waals surface area contributed by atoms with Crippen molar-refractivity contribution in [2.75, 3.05) is 13.2 Å². The fourth-order valence-electron chi connectivity index (χ4n) is 2.71. The van der Waals surface area contributed by atoms with E-state index in [-0.39, 0.29) is 24.4 Å². The number of nitrogens with zero attached hydrogens (tertiary/aromatic N) is 1. The van der Waals surface area contributed by atoms with E-state index in [0.29, 0.717) is 22.4 Å². The fraction of sp³-hybridized carbons (Fsp3) is 0.316. The van der Waals surface area contributed by atoms with Gasteiger partial charge in [-0.3, -0.25) is 19.7 Å². The molecule has 1 aromatic heterocycles. The van der Waals surface area contributed by atoms with Crippen LogP contribution in [0.25, 0.3) is 0 Å². The first-order valence-corrected chi connectivity index (χ1v) is 8.53. The average Bonchev–Trinajstić information content (AvgIpc) is 2.94. The van der Waals surface area contributed by atoms with E-state index >= 15 is 0 Å². The summed E-state index contributed by atoms with van der Waals surface area (Å²) in [6, 6.07) is 5.47. The molecule has 0 bridgehead atoms. The lowest BCUT2D eigenvalue weighted by Crippen LogP contribution is -2.17. The lowest BCUT2D eigenvalue weighted by molar-refractivity contribution is -0.384. The molecule has 0 radical (unpaired) electrons. The second-order valence-electron chi connectivity index (χ2n) is 6.03. The first-order valence-electron chi connectivity index (χ1n) is 8.53. The van der Waals surface area contributed by atoms with Gasteiger partial charge in [0.05, 0.1) is 29.2 Å². The maximum absolute atomic E-state index is 12.4. The summed E-state index contributed by atoms with van der Waals surface area (Å²) < 4.78 is 9.97. The van der Waals surface area contributed by atoms with Crippen LogP contribution in [-0.2, 0) is 20.7 Å². The normalized spacial score (nSPS) is 10.4. The SMILES string of the molecule is CCOC(=O)c1c(C)[nH]c(C(=O)COC(=O)Cc2ccc([N+](=O)[O-])cc2)c1C. The molecule has 1 aromatic carbocycles. The monoisotopic (exact) mass is 388 g/mol. The van der Waals surface area contributed by atoms with Crippen molar-refractivity contribution in [2.24, 2.45) is 0 Å². The van der Waals surface area contributed by atoms with Gasteiger partial charge in [-0.2, -0.15) is 0 Å². The number of nitro benzene ring substituents is 1. The number of hydrogen-bond acceptors (Lipinski definition) is 7. The number of nitrogens with one attached hydrogen (secondary N) is 1. The van der Waals surface area contributed by atoms with Crippen molar-refractivity contribution >= 4 is 23.4 Å². The van der Waals surface area contributed by atoms with Crippen LogP contribution in [0.15, 0.2) is 24.3 Å². The van der Waals surface area contributed by atoms with Crippen molar-refractivity contribution in [3.05, 3.63) is 62.5 Å². The summed E-state index contributed by atoms with van der Waals surface area (Å²) in [5.74, 6) is -1.65. The Morgan fingerprint density at radius 3 is 2.32 bits per heavy atom. The highest BCUT2D eigenvalue weighted by atomic mass is 16.6. The van der Waals surface area contributed by atoms with Gasteiger partial charge in [-0.15, -0.1) is 0 Å². The largest absolute Gasteiger partial charge is 0.462 e. The van der Waals surface area contributed by atoms with Crippen LogP contribution in [-0.4, -0.2) is 40.8 Å². The van der Waals surface area contributed by atoms with E-state index in [0.717, 1.165) is 0 Å². The maximum Gasteiger partial charge on any atom is 0.340 e. The Hall–Kier alpha value is -3.49. The molecule has 2 rings (SSSR count). The Kier molecular flexibility index (Phi) is 6.64. The highest BCUT2D eigenvalue weighted by Crippen LogP contribution is 2.20. The smallest absolute Gasteiger partial charge is 0.340 e. The van der Waals surface area contributed by atoms with E-state index in [2.05, 4.69) is 4.98 Å². The molecule has 0 atom stereocenters. The number of aromatic nitrogens is 1. The van der Waals surface area contributed by atoms with Gasteiger partial charge in [-0.05, 0) is 31.9 Å². The zero-order valence-electron chi connectivity index (χ0n) is 15.7. The van der Waals surface area contributed by atoms with Crippen LogP contribution in [0.3, 0.4) is 0 Å². The Morgan fingerprint density at radius 2 is 1.75 bits per heavy atom. The molecule has 0 unspecified atom stereocenters. The molecular formula is C19H20N2O7. The molecule has 0 aliphatic rings. The molecule has 148 valence electrons. The van der Waals surface area contributed by atoms with Crippen LogP contribution in [0.1, 0.15) is 44.6 Å². The van der Waals surface area contributed by atoms with Crippen molar-refractivity contribution < 1.29 is 28.8 Å². The number of aryl methyl sites for hydroxylation is 1. The molecule has 9 heteroatoms. The van der Waals surface area contributed by atoms with Crippen molar-refractivity contribution in [2.45, 2.75) is 27.2 Å². The van der Waals surface area contributed by atoms with E-state index in [9.17, 15) is 24.5 Å². The van der Waals surface area contributed by atoms with Gasteiger partial charge in [-0.25, -0.2) is 4.79 Å². The predicted octanol–water partition coefficient (Wildman–Crippen LogP) is 2.69. The molecule has 0 aliphatic heterocycles. The third-order valence-corrected chi connectivity index (χ3v) is 4.06. The Morgan fingerprint density at radius 1 is 1.11 bits per heavy atom. The molecule has 1 heterocycles. The van der Waals surface area contributed by atoms with Crippen molar-refractivity contribution in [3.63, 3.8) is 0 Å². The van der Waals surface area contributed by atoms with Crippen LogP contribution in [0.2, 0.25) is 0 Å². The standard InChI is InChI=1S/C19H20N2O7/c1-4-27-19(24)17-11(2)18(20-12(17)3)15(22)10-28-16(23)9-13-5-7-14(8-6-13)21(25)26/h5-8,20H,4,9-10H2,1-3H3. The second kappa shape index (κ2) is 8.94. The zero-order valence-corrected chi connectivity index (χ0v) is 15.7. The molecule has 0 saturated carbocycles. The number of ether oxygens (including phenoxy) is 2. The summed E-state index contributed by atoms with van der Waals surface area (Å²) in [5.41, 5.74) is 1.86. The van der Waals surface area contributed by atoms with Gasteiger partial charge in [0.2, 0.25) is 5.78 Å². The average molecular weight is 388 g/mol. The highest BCUT2D eigenvalue weighted by Gasteiger charge is 2.23. The van der Waals surface area contributed by atoms with Gasteiger partial charge in [0.1, 0.15) is 0 Å². The Bertz CT molecular complexity index is 913. The number of ketones is 1. The van der Waals surface area contributed by atoms with Gasteiger partial charge in [0.15, 0.2) is 6.61 Å². The number of nitro groups is 1. The summed E-state index contributed by atoms with van der Waals surface area (Å²) in [4.78, 5) is 49.2. The van der Waals surface area contributed by atoms with Crippen molar-refractivity contribution in [1.82, 2.24) is 4.98 Å². The van der Waals surface area contributed by atoms with Crippen LogP contribution < -0.4 is 0 Å². The first kappa shape index (κ1) is 20.8. The topological polar surface area (TPSA) is 129 Å². The summed E-state index contributed by atoms with van der Waals surface area (Å²) >= 11 is 0. The number of H-pyrrole nitrogens is 1. The Labute approximate surface area is 160 Å². The van der Waals surface area contributed by atoms with E-state index in [1.54, 1.807) is 20.8 Å². The molecule has 2 aromatic rings. The van der Waals surface area contributed by atoms with Crippen molar-refractivity contribution in [3.8, 4) is 0 Å². The molecular weight excluding hydrogens is 368 g/mol. The lowest BCUT2D eigenvalue weighted by atomic mass is 10.1. The van der Waals surface area contributed by atoms with Gasteiger partial charge >= 0.3 is 11.9 Å². The summed E-state index contributed by atoms with van der Waals surface area (Å²) in [6.45, 7) is 4.67. The van der Waals surface area contributed by atoms with E-state index in [4.69, 9.17) is 9.47 Å². The third-order valence-electron chi connectivity index (χ3n) is 4.06. The highest BCUT2D eigenvalue weighted by molar-refractivity contribution is 6.02. The number of carbonyl (C=O) groups excluding carboxylic acids is 3. The number of hydrogen-bond donors (Lipinski definition) is 1. The van der Waals surface area contributed by atoms with Gasteiger partial charge in [0, 0.05) is 17.8 Å². The van der Waals surface area contributed by atoms with Crippen LogP contribution in [0.5, 0.6) is 0 Å². The fourth-order valence-corrected chi connectivity index (χ4v) is 2.71. The molecule has 0 fully saturated rings. The summed E-state index contributed by atoms with van der Waals surface area (Å²) in [6.07, 6.45) is -0.123. The summed E-state index contributed by atoms with van der Waals surface area (Å²) in [7, 11) is 0.